The Morgan fingerprint density at radius 2 is 1.93 bits per heavy atom. The summed E-state index contributed by atoms with van der Waals surface area (Å²) in [6.45, 7) is 2.04. The first-order valence-electron chi connectivity index (χ1n) is 4.44. The van der Waals surface area contributed by atoms with Crippen molar-refractivity contribution in [2.75, 3.05) is 7.05 Å². The van der Waals surface area contributed by atoms with Crippen LogP contribution in [0.15, 0.2) is 30.5 Å². The Labute approximate surface area is 83.8 Å². The molecule has 0 saturated heterocycles. The summed E-state index contributed by atoms with van der Waals surface area (Å²) in [4.78, 5) is 10.8. The highest BCUT2D eigenvalue weighted by Gasteiger charge is 1.89. The molecule has 3 nitrogen and oxygen atoms in total. The van der Waals surface area contributed by atoms with Crippen molar-refractivity contribution in [2.45, 2.75) is 6.92 Å². The van der Waals surface area contributed by atoms with Gasteiger partial charge in [0.15, 0.2) is 0 Å². The lowest BCUT2D eigenvalue weighted by Crippen LogP contribution is -2.28. The summed E-state index contributed by atoms with van der Waals surface area (Å²) in [5.41, 5.74) is 2.29. The molecule has 2 N–H and O–H groups in total. The third-order valence-corrected chi connectivity index (χ3v) is 1.79. The van der Waals surface area contributed by atoms with Crippen molar-refractivity contribution in [3.63, 3.8) is 0 Å². The lowest BCUT2D eigenvalue weighted by Gasteiger charge is -1.97. The zero-order chi connectivity index (χ0) is 10.4. The van der Waals surface area contributed by atoms with Crippen LogP contribution in [0.2, 0.25) is 0 Å². The monoisotopic (exact) mass is 190 g/mol. The Kier molecular flexibility index (Phi) is 3.73. The van der Waals surface area contributed by atoms with E-state index in [1.807, 2.05) is 37.3 Å². The largest absolute Gasteiger partial charge is 0.341 e. The van der Waals surface area contributed by atoms with E-state index in [1.165, 1.54) is 5.56 Å². The number of carbonyl (C=O) groups excluding carboxylic acids is 1. The minimum atomic E-state index is -0.214. The molecular weight excluding hydrogens is 176 g/mol. The summed E-state index contributed by atoms with van der Waals surface area (Å²) in [6, 6.07) is 7.83. The molecule has 1 rings (SSSR count). The van der Waals surface area contributed by atoms with E-state index >= 15 is 0 Å². The first-order valence-corrected chi connectivity index (χ1v) is 4.44. The van der Waals surface area contributed by atoms with E-state index in [0.29, 0.717) is 0 Å². The molecule has 14 heavy (non-hydrogen) atoms. The van der Waals surface area contributed by atoms with Gasteiger partial charge in [0, 0.05) is 13.2 Å². The Hall–Kier alpha value is -1.77. The minimum absolute atomic E-state index is 0.214. The number of hydrogen-bond acceptors (Lipinski definition) is 1. The highest BCUT2D eigenvalue weighted by atomic mass is 16.2. The highest BCUT2D eigenvalue weighted by Crippen LogP contribution is 2.03. The average Bonchev–Trinajstić information content (AvgIpc) is 2.21. The van der Waals surface area contributed by atoms with E-state index in [2.05, 4.69) is 10.6 Å². The maximum Gasteiger partial charge on any atom is 0.318 e. The van der Waals surface area contributed by atoms with Gasteiger partial charge >= 0.3 is 6.03 Å². The maximum atomic E-state index is 10.8. The van der Waals surface area contributed by atoms with E-state index in [0.717, 1.165) is 5.56 Å². The van der Waals surface area contributed by atoms with Crippen LogP contribution in [0.5, 0.6) is 0 Å². The second-order valence-electron chi connectivity index (χ2n) is 2.97. The zero-order valence-corrected chi connectivity index (χ0v) is 8.37. The first-order chi connectivity index (χ1) is 6.72. The normalized spacial score (nSPS) is 10.1. The molecule has 0 spiro atoms. The molecular formula is C11H14N2O. The number of nitrogens with one attached hydrogen (secondary N) is 2. The molecule has 3 heteroatoms. The second kappa shape index (κ2) is 5.07. The van der Waals surface area contributed by atoms with Crippen molar-refractivity contribution in [3.05, 3.63) is 41.6 Å². The van der Waals surface area contributed by atoms with E-state index in [9.17, 15) is 4.79 Å². The van der Waals surface area contributed by atoms with Crippen LogP contribution in [0.3, 0.4) is 0 Å². The van der Waals surface area contributed by atoms with E-state index in [1.54, 1.807) is 13.2 Å². The second-order valence-corrected chi connectivity index (χ2v) is 2.97. The number of urea groups is 1. The van der Waals surface area contributed by atoms with Crippen molar-refractivity contribution in [1.82, 2.24) is 10.6 Å². The van der Waals surface area contributed by atoms with Gasteiger partial charge in [0.2, 0.25) is 0 Å². The van der Waals surface area contributed by atoms with Crippen molar-refractivity contribution in [1.29, 1.82) is 0 Å². The Morgan fingerprint density at radius 1 is 1.29 bits per heavy atom. The van der Waals surface area contributed by atoms with Crippen LogP contribution < -0.4 is 10.6 Å². The van der Waals surface area contributed by atoms with Gasteiger partial charge in [-0.2, -0.15) is 0 Å². The molecule has 0 aliphatic rings. The number of amides is 2. The van der Waals surface area contributed by atoms with Crippen LogP contribution in [0.25, 0.3) is 6.08 Å². The van der Waals surface area contributed by atoms with Crippen molar-refractivity contribution in [2.24, 2.45) is 0 Å². The van der Waals surface area contributed by atoms with Gasteiger partial charge in [-0.05, 0) is 18.6 Å². The number of benzene rings is 1. The topological polar surface area (TPSA) is 41.1 Å². The van der Waals surface area contributed by atoms with Gasteiger partial charge in [0.25, 0.3) is 0 Å². The molecule has 0 aliphatic carbocycles. The van der Waals surface area contributed by atoms with Gasteiger partial charge in [-0.25, -0.2) is 4.79 Å². The van der Waals surface area contributed by atoms with Crippen molar-refractivity contribution < 1.29 is 4.79 Å². The summed E-state index contributed by atoms with van der Waals surface area (Å²) in [6.07, 6.45) is 3.46. The molecule has 1 aromatic rings. The summed E-state index contributed by atoms with van der Waals surface area (Å²) < 4.78 is 0. The third kappa shape index (κ3) is 3.31. The molecule has 0 fully saturated rings. The highest BCUT2D eigenvalue weighted by molar-refractivity contribution is 5.75. The predicted molar refractivity (Wildman–Crippen MR) is 57.8 cm³/mol. The smallest absolute Gasteiger partial charge is 0.318 e. The molecule has 0 unspecified atom stereocenters. The van der Waals surface area contributed by atoms with Gasteiger partial charge in [0.1, 0.15) is 0 Å². The number of carbonyl (C=O) groups is 1. The first kappa shape index (κ1) is 10.3. The fraction of sp³-hybridized carbons (Fsp3) is 0.182. The summed E-state index contributed by atoms with van der Waals surface area (Å²) in [7, 11) is 1.58. The molecule has 0 atom stereocenters. The average molecular weight is 190 g/mol. The summed E-state index contributed by atoms with van der Waals surface area (Å²) in [5, 5.41) is 5.02. The van der Waals surface area contributed by atoms with Gasteiger partial charge in [-0.1, -0.05) is 29.8 Å². The van der Waals surface area contributed by atoms with E-state index in [-0.39, 0.29) is 6.03 Å². The van der Waals surface area contributed by atoms with Crippen molar-refractivity contribution in [3.8, 4) is 0 Å². The fourth-order valence-corrected chi connectivity index (χ4v) is 0.963. The fourth-order valence-electron chi connectivity index (χ4n) is 0.963. The SMILES string of the molecule is CNC(=O)N/C=C/c1ccc(C)cc1. The van der Waals surface area contributed by atoms with Gasteiger partial charge in [-0.3, -0.25) is 0 Å². The van der Waals surface area contributed by atoms with Gasteiger partial charge in [-0.15, -0.1) is 0 Å². The number of aryl methyl sites for hydroxylation is 1. The summed E-state index contributed by atoms with van der Waals surface area (Å²) in [5.74, 6) is 0. The van der Waals surface area contributed by atoms with Crippen LogP contribution in [-0.2, 0) is 0 Å². The zero-order valence-electron chi connectivity index (χ0n) is 8.37. The molecule has 0 radical (unpaired) electrons. The number of hydrogen-bond donors (Lipinski definition) is 2. The third-order valence-electron chi connectivity index (χ3n) is 1.79. The van der Waals surface area contributed by atoms with Crippen molar-refractivity contribution >= 4 is 12.1 Å². The van der Waals surface area contributed by atoms with Crippen LogP contribution in [-0.4, -0.2) is 13.1 Å². The van der Waals surface area contributed by atoms with Gasteiger partial charge in [0.05, 0.1) is 0 Å². The molecule has 0 aromatic heterocycles. The number of rotatable bonds is 2. The molecule has 0 heterocycles. The Balaban J connectivity index is 2.52. The molecule has 74 valence electrons. The van der Waals surface area contributed by atoms with Crippen LogP contribution in [0.1, 0.15) is 11.1 Å². The molecule has 1 aromatic carbocycles. The van der Waals surface area contributed by atoms with Gasteiger partial charge < -0.3 is 10.6 Å². The van der Waals surface area contributed by atoms with Crippen LogP contribution in [0.4, 0.5) is 4.79 Å². The quantitative estimate of drug-likeness (QED) is 0.734. The minimum Gasteiger partial charge on any atom is -0.341 e. The van der Waals surface area contributed by atoms with Crippen LogP contribution >= 0.6 is 0 Å². The van der Waals surface area contributed by atoms with Crippen LogP contribution in [0, 0.1) is 6.92 Å². The molecule has 2 amide bonds. The molecule has 0 saturated carbocycles. The predicted octanol–water partition coefficient (Wildman–Crippen LogP) is 1.89. The maximum absolute atomic E-state index is 10.8. The Bertz CT molecular complexity index is 328. The lowest BCUT2D eigenvalue weighted by atomic mass is 10.1. The van der Waals surface area contributed by atoms with E-state index < -0.39 is 0 Å². The molecule has 0 aliphatic heterocycles. The standard InChI is InChI=1S/C11H14N2O/c1-9-3-5-10(6-4-9)7-8-13-11(14)12-2/h3-8H,1-2H3,(H2,12,13,14)/b8-7+. The molecule has 0 bridgehead atoms. The lowest BCUT2D eigenvalue weighted by molar-refractivity contribution is 0.246. The van der Waals surface area contributed by atoms with E-state index in [4.69, 9.17) is 0 Å². The Morgan fingerprint density at radius 3 is 2.50 bits per heavy atom. The summed E-state index contributed by atoms with van der Waals surface area (Å²) >= 11 is 0.